The second-order valence-corrected chi connectivity index (χ2v) is 4.81. The number of furan rings is 1. The number of rotatable bonds is 4. The summed E-state index contributed by atoms with van der Waals surface area (Å²) in [5.41, 5.74) is 0.771. The SMILES string of the molecule is N#CC(=Cc1ccco1)C(=O)NCc1cccc2c1OCCO2. The van der Waals surface area contributed by atoms with Gasteiger partial charge in [-0.15, -0.1) is 0 Å². The number of para-hydroxylation sites is 1. The van der Waals surface area contributed by atoms with E-state index in [0.29, 0.717) is 30.5 Å². The van der Waals surface area contributed by atoms with Crippen molar-refractivity contribution in [2.75, 3.05) is 13.2 Å². The summed E-state index contributed by atoms with van der Waals surface area (Å²) < 4.78 is 16.2. The minimum atomic E-state index is -0.474. The van der Waals surface area contributed by atoms with Gasteiger partial charge in [-0.2, -0.15) is 5.26 Å². The van der Waals surface area contributed by atoms with Crippen molar-refractivity contribution >= 4 is 12.0 Å². The van der Waals surface area contributed by atoms with Gasteiger partial charge in [-0.25, -0.2) is 0 Å². The molecule has 3 rings (SSSR count). The molecule has 0 saturated heterocycles. The van der Waals surface area contributed by atoms with Gasteiger partial charge in [0, 0.05) is 18.2 Å². The summed E-state index contributed by atoms with van der Waals surface area (Å²) in [6.45, 7) is 1.22. The molecule has 0 atom stereocenters. The summed E-state index contributed by atoms with van der Waals surface area (Å²) in [5, 5.41) is 11.8. The Morgan fingerprint density at radius 1 is 1.26 bits per heavy atom. The van der Waals surface area contributed by atoms with Gasteiger partial charge in [0.15, 0.2) is 11.5 Å². The van der Waals surface area contributed by atoms with Crippen LogP contribution in [-0.2, 0) is 11.3 Å². The van der Waals surface area contributed by atoms with Gasteiger partial charge < -0.3 is 19.2 Å². The zero-order valence-corrected chi connectivity index (χ0v) is 12.2. The molecule has 0 unspecified atom stereocenters. The lowest BCUT2D eigenvalue weighted by Crippen LogP contribution is -2.25. The van der Waals surface area contributed by atoms with Crippen LogP contribution in [-0.4, -0.2) is 19.1 Å². The maximum atomic E-state index is 12.1. The first-order valence-electron chi connectivity index (χ1n) is 7.09. The van der Waals surface area contributed by atoms with Gasteiger partial charge in [-0.3, -0.25) is 4.79 Å². The molecule has 0 bridgehead atoms. The first-order valence-corrected chi connectivity index (χ1v) is 7.09. The highest BCUT2D eigenvalue weighted by Crippen LogP contribution is 2.33. The Hall–Kier alpha value is -3.20. The Kier molecular flexibility index (Phi) is 4.29. The van der Waals surface area contributed by atoms with E-state index in [-0.39, 0.29) is 12.1 Å². The molecule has 1 aromatic heterocycles. The first kappa shape index (κ1) is 14.7. The number of nitrogens with zero attached hydrogens (tertiary/aromatic N) is 1. The van der Waals surface area contributed by atoms with Gasteiger partial charge in [0.2, 0.25) is 0 Å². The van der Waals surface area contributed by atoms with E-state index in [1.165, 1.54) is 12.3 Å². The van der Waals surface area contributed by atoms with E-state index in [9.17, 15) is 4.79 Å². The number of carbonyl (C=O) groups is 1. The van der Waals surface area contributed by atoms with E-state index in [0.717, 1.165) is 5.56 Å². The zero-order chi connectivity index (χ0) is 16.1. The van der Waals surface area contributed by atoms with Gasteiger partial charge in [0.25, 0.3) is 5.91 Å². The van der Waals surface area contributed by atoms with Crippen LogP contribution >= 0.6 is 0 Å². The van der Waals surface area contributed by atoms with Crippen molar-refractivity contribution in [3.8, 4) is 17.6 Å². The van der Waals surface area contributed by atoms with E-state index in [2.05, 4.69) is 5.32 Å². The van der Waals surface area contributed by atoms with E-state index < -0.39 is 5.91 Å². The van der Waals surface area contributed by atoms with Gasteiger partial charge in [-0.1, -0.05) is 12.1 Å². The van der Waals surface area contributed by atoms with Gasteiger partial charge in [0.05, 0.1) is 6.26 Å². The molecule has 116 valence electrons. The average molecular weight is 310 g/mol. The van der Waals surface area contributed by atoms with Crippen molar-refractivity contribution in [2.24, 2.45) is 0 Å². The van der Waals surface area contributed by atoms with Crippen molar-refractivity contribution in [3.63, 3.8) is 0 Å². The molecule has 0 fully saturated rings. The van der Waals surface area contributed by atoms with Crippen LogP contribution in [0.15, 0.2) is 46.6 Å². The summed E-state index contributed by atoms with van der Waals surface area (Å²) in [4.78, 5) is 12.1. The Morgan fingerprint density at radius 3 is 2.91 bits per heavy atom. The highest BCUT2D eigenvalue weighted by Gasteiger charge is 2.17. The largest absolute Gasteiger partial charge is 0.486 e. The van der Waals surface area contributed by atoms with Crippen LogP contribution in [0.2, 0.25) is 0 Å². The highest BCUT2D eigenvalue weighted by molar-refractivity contribution is 6.01. The molecule has 1 aromatic carbocycles. The van der Waals surface area contributed by atoms with Gasteiger partial charge >= 0.3 is 0 Å². The standard InChI is InChI=1S/C17H14N2O4/c18-10-13(9-14-4-2-6-21-14)17(20)19-11-12-3-1-5-15-16(12)23-8-7-22-15/h1-6,9H,7-8,11H2,(H,19,20). The monoisotopic (exact) mass is 310 g/mol. The number of carbonyl (C=O) groups excluding carboxylic acids is 1. The van der Waals surface area contributed by atoms with Crippen molar-refractivity contribution in [1.82, 2.24) is 5.32 Å². The van der Waals surface area contributed by atoms with Crippen LogP contribution in [0.3, 0.4) is 0 Å². The molecule has 1 amide bonds. The summed E-state index contributed by atoms with van der Waals surface area (Å²) in [6, 6.07) is 10.7. The second-order valence-electron chi connectivity index (χ2n) is 4.81. The van der Waals surface area contributed by atoms with Crippen LogP contribution in [0.4, 0.5) is 0 Å². The third-order valence-electron chi connectivity index (χ3n) is 3.28. The molecule has 0 spiro atoms. The Balaban J connectivity index is 1.71. The molecule has 0 saturated carbocycles. The molecular formula is C17H14N2O4. The smallest absolute Gasteiger partial charge is 0.262 e. The van der Waals surface area contributed by atoms with Crippen LogP contribution in [0.5, 0.6) is 11.5 Å². The molecule has 2 heterocycles. The number of hydrogen-bond acceptors (Lipinski definition) is 5. The quantitative estimate of drug-likeness (QED) is 0.692. The topological polar surface area (TPSA) is 84.5 Å². The third kappa shape index (κ3) is 3.35. The maximum absolute atomic E-state index is 12.1. The zero-order valence-electron chi connectivity index (χ0n) is 12.2. The minimum Gasteiger partial charge on any atom is -0.486 e. The lowest BCUT2D eigenvalue weighted by Gasteiger charge is -2.21. The highest BCUT2D eigenvalue weighted by atomic mass is 16.6. The maximum Gasteiger partial charge on any atom is 0.262 e. The molecule has 23 heavy (non-hydrogen) atoms. The fourth-order valence-corrected chi connectivity index (χ4v) is 2.21. The predicted molar refractivity (Wildman–Crippen MR) is 81.6 cm³/mol. The normalized spacial score (nSPS) is 13.3. The van der Waals surface area contributed by atoms with Gasteiger partial charge in [0.1, 0.15) is 30.6 Å². The molecule has 2 aromatic rings. The molecular weight excluding hydrogens is 296 g/mol. The van der Waals surface area contributed by atoms with Crippen molar-refractivity contribution in [2.45, 2.75) is 6.54 Å². The molecule has 6 heteroatoms. The molecule has 1 N–H and O–H groups in total. The van der Waals surface area contributed by atoms with Crippen LogP contribution in [0, 0.1) is 11.3 Å². The van der Waals surface area contributed by atoms with Crippen molar-refractivity contribution in [1.29, 1.82) is 5.26 Å². The number of benzene rings is 1. The molecule has 1 aliphatic rings. The van der Waals surface area contributed by atoms with Crippen LogP contribution in [0.1, 0.15) is 11.3 Å². The lowest BCUT2D eigenvalue weighted by atomic mass is 10.1. The average Bonchev–Trinajstić information content (AvgIpc) is 3.10. The second kappa shape index (κ2) is 6.71. The summed E-state index contributed by atoms with van der Waals surface area (Å²) in [6.07, 6.45) is 2.88. The molecule has 0 radical (unpaired) electrons. The Morgan fingerprint density at radius 2 is 2.13 bits per heavy atom. The number of fused-ring (bicyclic) bond motifs is 1. The fraction of sp³-hybridized carbons (Fsp3) is 0.176. The predicted octanol–water partition coefficient (Wildman–Crippen LogP) is 2.27. The van der Waals surface area contributed by atoms with Crippen molar-refractivity contribution < 1.29 is 18.7 Å². The molecule has 0 aliphatic carbocycles. The number of ether oxygens (including phenoxy) is 2. The summed E-state index contributed by atoms with van der Waals surface area (Å²) in [5.74, 6) is 1.27. The lowest BCUT2D eigenvalue weighted by molar-refractivity contribution is -0.117. The number of amides is 1. The third-order valence-corrected chi connectivity index (χ3v) is 3.28. The van der Waals surface area contributed by atoms with Crippen LogP contribution < -0.4 is 14.8 Å². The molecule has 6 nitrogen and oxygen atoms in total. The van der Waals surface area contributed by atoms with Crippen molar-refractivity contribution in [3.05, 3.63) is 53.5 Å². The number of nitriles is 1. The number of nitrogens with one attached hydrogen (secondary N) is 1. The number of hydrogen-bond donors (Lipinski definition) is 1. The fourth-order valence-electron chi connectivity index (χ4n) is 2.21. The summed E-state index contributed by atoms with van der Waals surface area (Å²) in [7, 11) is 0. The first-order chi connectivity index (χ1) is 11.3. The van der Waals surface area contributed by atoms with E-state index in [4.69, 9.17) is 19.2 Å². The summed E-state index contributed by atoms with van der Waals surface area (Å²) >= 11 is 0. The van der Waals surface area contributed by atoms with Crippen LogP contribution in [0.25, 0.3) is 6.08 Å². The Bertz CT molecular complexity index is 772. The molecule has 1 aliphatic heterocycles. The van der Waals surface area contributed by atoms with E-state index in [1.807, 2.05) is 24.3 Å². The van der Waals surface area contributed by atoms with Gasteiger partial charge in [-0.05, 0) is 18.2 Å². The Labute approximate surface area is 132 Å². The minimum absolute atomic E-state index is 0.0260. The van der Waals surface area contributed by atoms with E-state index >= 15 is 0 Å². The van der Waals surface area contributed by atoms with E-state index in [1.54, 1.807) is 12.1 Å².